The first kappa shape index (κ1) is 21.1. The Morgan fingerprint density at radius 1 is 0.939 bits per heavy atom. The minimum atomic E-state index is 0.0896. The fraction of sp³-hybridized carbons (Fsp3) is 0.308. The van der Waals surface area contributed by atoms with Crippen LogP contribution in [0.1, 0.15) is 35.1 Å². The molecule has 0 saturated carbocycles. The van der Waals surface area contributed by atoms with Crippen LogP contribution in [0.25, 0.3) is 16.7 Å². The van der Waals surface area contributed by atoms with Gasteiger partial charge >= 0.3 is 0 Å². The average Bonchev–Trinajstić information content (AvgIpc) is 3.13. The molecule has 1 aliphatic heterocycles. The normalized spacial score (nSPS) is 14.5. The number of benzene rings is 2. The highest BCUT2D eigenvalue weighted by Gasteiger charge is 2.24. The summed E-state index contributed by atoms with van der Waals surface area (Å²) in [6, 6.07) is 17.8. The Kier molecular flexibility index (Phi) is 5.77. The highest BCUT2D eigenvalue weighted by Crippen LogP contribution is 2.27. The Morgan fingerprint density at radius 2 is 1.73 bits per heavy atom. The first-order valence-electron chi connectivity index (χ1n) is 11.5. The fourth-order valence-electron chi connectivity index (χ4n) is 4.31. The van der Waals surface area contributed by atoms with Gasteiger partial charge in [0.1, 0.15) is 11.6 Å². The lowest BCUT2D eigenvalue weighted by molar-refractivity contribution is 0.0767. The van der Waals surface area contributed by atoms with Crippen molar-refractivity contribution in [3.05, 3.63) is 77.7 Å². The van der Waals surface area contributed by atoms with Gasteiger partial charge in [-0.3, -0.25) is 4.79 Å². The number of rotatable bonds is 4. The van der Waals surface area contributed by atoms with E-state index in [9.17, 15) is 4.79 Å². The van der Waals surface area contributed by atoms with Crippen LogP contribution in [0.3, 0.4) is 0 Å². The Morgan fingerprint density at radius 3 is 2.48 bits per heavy atom. The second-order valence-corrected chi connectivity index (χ2v) is 8.45. The number of nitrogens with zero attached hydrogens (tertiary/aromatic N) is 6. The van der Waals surface area contributed by atoms with E-state index in [1.54, 1.807) is 0 Å². The number of fused-ring (bicyclic) bond motifs is 1. The summed E-state index contributed by atoms with van der Waals surface area (Å²) in [5.41, 5.74) is 3.75. The van der Waals surface area contributed by atoms with Crippen molar-refractivity contribution in [2.45, 2.75) is 26.7 Å². The van der Waals surface area contributed by atoms with Crippen LogP contribution in [0.2, 0.25) is 0 Å². The summed E-state index contributed by atoms with van der Waals surface area (Å²) in [6.07, 6.45) is 3.49. The number of amides is 1. The third-order valence-corrected chi connectivity index (χ3v) is 6.15. The molecule has 7 heteroatoms. The maximum atomic E-state index is 13.0. The van der Waals surface area contributed by atoms with Crippen molar-refractivity contribution in [3.8, 4) is 5.69 Å². The first-order chi connectivity index (χ1) is 16.1. The van der Waals surface area contributed by atoms with Crippen molar-refractivity contribution in [1.82, 2.24) is 24.6 Å². The molecule has 2 aromatic heterocycles. The van der Waals surface area contributed by atoms with Crippen molar-refractivity contribution in [2.24, 2.45) is 0 Å². The van der Waals surface area contributed by atoms with Crippen LogP contribution in [-0.4, -0.2) is 56.7 Å². The summed E-state index contributed by atoms with van der Waals surface area (Å²) in [7, 11) is 0. The van der Waals surface area contributed by atoms with Gasteiger partial charge in [-0.25, -0.2) is 14.6 Å². The van der Waals surface area contributed by atoms with Crippen molar-refractivity contribution in [2.75, 3.05) is 31.1 Å². The van der Waals surface area contributed by atoms with Crippen molar-refractivity contribution in [1.29, 1.82) is 0 Å². The number of aromatic nitrogens is 4. The molecule has 7 nitrogen and oxygen atoms in total. The Bertz CT molecular complexity index is 1270. The van der Waals surface area contributed by atoms with Crippen LogP contribution in [0.4, 0.5) is 5.82 Å². The summed E-state index contributed by atoms with van der Waals surface area (Å²) in [5.74, 6) is 1.80. The summed E-state index contributed by atoms with van der Waals surface area (Å²) >= 11 is 0. The molecule has 0 atom stereocenters. The van der Waals surface area contributed by atoms with Crippen LogP contribution >= 0.6 is 0 Å². The lowest BCUT2D eigenvalue weighted by Crippen LogP contribution is -2.35. The molecular formula is C26H28N6O. The molecule has 1 saturated heterocycles. The SMILES string of the molecule is CCc1nc(N2CCCN(C(=O)c3ccccc3)CC2)c2cnn(-c3ccc(C)cc3)c2n1. The van der Waals surface area contributed by atoms with E-state index in [2.05, 4.69) is 48.1 Å². The van der Waals surface area contributed by atoms with Crippen LogP contribution in [-0.2, 0) is 6.42 Å². The highest BCUT2D eigenvalue weighted by atomic mass is 16.2. The molecule has 0 unspecified atom stereocenters. The van der Waals surface area contributed by atoms with Gasteiger partial charge in [-0.2, -0.15) is 5.10 Å². The zero-order valence-electron chi connectivity index (χ0n) is 19.1. The average molecular weight is 441 g/mol. The maximum absolute atomic E-state index is 13.0. The summed E-state index contributed by atoms with van der Waals surface area (Å²) in [5, 5.41) is 5.60. The summed E-state index contributed by atoms with van der Waals surface area (Å²) in [6.45, 7) is 7.10. The van der Waals surface area contributed by atoms with Gasteiger partial charge in [0, 0.05) is 38.2 Å². The number of hydrogen-bond acceptors (Lipinski definition) is 5. The van der Waals surface area contributed by atoms with Gasteiger partial charge in [0.05, 0.1) is 17.3 Å². The fourth-order valence-corrected chi connectivity index (χ4v) is 4.31. The summed E-state index contributed by atoms with van der Waals surface area (Å²) < 4.78 is 1.89. The lowest BCUT2D eigenvalue weighted by atomic mass is 10.2. The van der Waals surface area contributed by atoms with E-state index in [-0.39, 0.29) is 5.91 Å². The van der Waals surface area contributed by atoms with E-state index in [0.717, 1.165) is 66.4 Å². The van der Waals surface area contributed by atoms with Gasteiger partial charge in [0.15, 0.2) is 5.65 Å². The molecule has 5 rings (SSSR count). The Balaban J connectivity index is 1.46. The van der Waals surface area contributed by atoms with E-state index in [4.69, 9.17) is 9.97 Å². The van der Waals surface area contributed by atoms with Gasteiger partial charge in [-0.15, -0.1) is 0 Å². The molecule has 0 aliphatic carbocycles. The smallest absolute Gasteiger partial charge is 0.253 e. The topological polar surface area (TPSA) is 67.2 Å². The van der Waals surface area contributed by atoms with Crippen LogP contribution in [0, 0.1) is 6.92 Å². The third-order valence-electron chi connectivity index (χ3n) is 6.15. The van der Waals surface area contributed by atoms with E-state index < -0.39 is 0 Å². The number of aryl methyl sites for hydroxylation is 2. The minimum Gasteiger partial charge on any atom is -0.354 e. The zero-order valence-corrected chi connectivity index (χ0v) is 19.1. The monoisotopic (exact) mass is 440 g/mol. The van der Waals surface area contributed by atoms with Crippen molar-refractivity contribution >= 4 is 22.8 Å². The predicted octanol–water partition coefficient (Wildman–Crippen LogP) is 4.04. The van der Waals surface area contributed by atoms with Gasteiger partial charge in [0.25, 0.3) is 5.91 Å². The number of carbonyl (C=O) groups is 1. The molecular weight excluding hydrogens is 412 g/mol. The molecule has 1 fully saturated rings. The molecule has 168 valence electrons. The van der Waals surface area contributed by atoms with Crippen LogP contribution < -0.4 is 4.90 Å². The molecule has 0 radical (unpaired) electrons. The molecule has 0 spiro atoms. The first-order valence-corrected chi connectivity index (χ1v) is 11.5. The van der Waals surface area contributed by atoms with E-state index in [1.165, 1.54) is 5.56 Å². The number of carbonyl (C=O) groups excluding carboxylic acids is 1. The third kappa shape index (κ3) is 4.18. The molecule has 1 amide bonds. The molecule has 4 aromatic rings. The maximum Gasteiger partial charge on any atom is 0.253 e. The van der Waals surface area contributed by atoms with Crippen molar-refractivity contribution in [3.63, 3.8) is 0 Å². The Hall–Kier alpha value is -3.74. The summed E-state index contributed by atoms with van der Waals surface area (Å²) in [4.78, 5) is 26.9. The molecule has 0 bridgehead atoms. The van der Waals surface area contributed by atoms with Gasteiger partial charge in [-0.1, -0.05) is 42.8 Å². The molecule has 1 aliphatic rings. The lowest BCUT2D eigenvalue weighted by Gasteiger charge is -2.23. The second kappa shape index (κ2) is 9.02. The number of anilines is 1. The van der Waals surface area contributed by atoms with Crippen molar-refractivity contribution < 1.29 is 4.79 Å². The number of hydrogen-bond donors (Lipinski definition) is 0. The largest absolute Gasteiger partial charge is 0.354 e. The quantitative estimate of drug-likeness (QED) is 0.479. The zero-order chi connectivity index (χ0) is 22.8. The van der Waals surface area contributed by atoms with Gasteiger partial charge < -0.3 is 9.80 Å². The standard InChI is InChI=1S/C26H28N6O/c1-3-23-28-24(22-18-27-32(25(22)29-23)21-12-10-19(2)11-13-21)30-14-7-15-31(17-16-30)26(33)20-8-5-4-6-9-20/h4-6,8-13,18H,3,7,14-17H2,1-2H3. The predicted molar refractivity (Wildman–Crippen MR) is 130 cm³/mol. The minimum absolute atomic E-state index is 0.0896. The van der Waals surface area contributed by atoms with Crippen LogP contribution in [0.15, 0.2) is 60.8 Å². The Labute approximate surface area is 193 Å². The van der Waals surface area contributed by atoms with E-state index >= 15 is 0 Å². The second-order valence-electron chi connectivity index (χ2n) is 8.45. The van der Waals surface area contributed by atoms with Crippen LogP contribution in [0.5, 0.6) is 0 Å². The van der Waals surface area contributed by atoms with E-state index in [0.29, 0.717) is 6.54 Å². The molecule has 2 aromatic carbocycles. The van der Waals surface area contributed by atoms with Gasteiger partial charge in [-0.05, 0) is 37.6 Å². The van der Waals surface area contributed by atoms with E-state index in [1.807, 2.05) is 46.1 Å². The molecule has 33 heavy (non-hydrogen) atoms. The molecule has 3 heterocycles. The molecule has 0 N–H and O–H groups in total. The van der Waals surface area contributed by atoms with Gasteiger partial charge in [0.2, 0.25) is 0 Å². The highest BCUT2D eigenvalue weighted by molar-refractivity contribution is 5.94.